The number of carbonyl (C=O) groups is 1. The summed E-state index contributed by atoms with van der Waals surface area (Å²) < 4.78 is 34.6. The molecule has 0 spiro atoms. The summed E-state index contributed by atoms with van der Waals surface area (Å²) in [4.78, 5) is 25.1. The van der Waals surface area contributed by atoms with Gasteiger partial charge in [-0.05, 0) is 38.5 Å². The molecule has 0 aliphatic heterocycles. The summed E-state index contributed by atoms with van der Waals surface area (Å²) in [5, 5.41) is 0. The molecule has 0 aliphatic carbocycles. The van der Waals surface area contributed by atoms with Gasteiger partial charge in [0.1, 0.15) is 19.3 Å². The fourth-order valence-electron chi connectivity index (χ4n) is 6.84. The highest BCUT2D eigenvalue weighted by Gasteiger charge is 2.20. The number of ether oxygens (including phenoxy) is 2. The first kappa shape index (κ1) is 55.2. The van der Waals surface area contributed by atoms with Crippen molar-refractivity contribution in [1.29, 1.82) is 0 Å². The van der Waals surface area contributed by atoms with E-state index in [1.807, 2.05) is 21.1 Å². The minimum absolute atomic E-state index is 0.0278. The molecule has 0 aromatic rings. The lowest BCUT2D eigenvalue weighted by molar-refractivity contribution is -0.870. The Bertz CT molecular complexity index is 909. The third-order valence-electron chi connectivity index (χ3n) is 10.6. The summed E-state index contributed by atoms with van der Waals surface area (Å²) in [6.45, 7) is 5.43. The molecule has 0 amide bonds. The Morgan fingerprint density at radius 1 is 0.536 bits per heavy atom. The van der Waals surface area contributed by atoms with Gasteiger partial charge in [0, 0.05) is 13.0 Å². The fraction of sp³-hybridized carbons (Fsp3) is 0.936. The molecule has 8 nitrogen and oxygen atoms in total. The lowest BCUT2D eigenvalue weighted by Crippen LogP contribution is -2.37. The lowest BCUT2D eigenvalue weighted by Gasteiger charge is -2.28. The number of rotatable bonds is 45. The molecule has 0 fully saturated rings. The highest BCUT2D eigenvalue weighted by Crippen LogP contribution is 2.38. The topological polar surface area (TPSA) is 94.1 Å². The van der Waals surface area contributed by atoms with Crippen molar-refractivity contribution in [2.75, 3.05) is 54.1 Å². The largest absolute Gasteiger partial charge is 0.756 e. The fourth-order valence-corrected chi connectivity index (χ4v) is 7.57. The molecule has 0 rings (SSSR count). The van der Waals surface area contributed by atoms with E-state index in [0.717, 1.165) is 44.9 Å². The van der Waals surface area contributed by atoms with Crippen molar-refractivity contribution in [3.8, 4) is 0 Å². The molecule has 0 N–H and O–H groups in total. The number of phosphoric acid groups is 1. The molecule has 9 heteroatoms. The molecule has 2 unspecified atom stereocenters. The molecule has 56 heavy (non-hydrogen) atoms. The minimum atomic E-state index is -4.52. The molecule has 0 aliphatic rings. The molecule has 0 heterocycles. The van der Waals surface area contributed by atoms with Gasteiger partial charge in [-0.2, -0.15) is 0 Å². The maximum absolute atomic E-state index is 12.7. The van der Waals surface area contributed by atoms with Crippen LogP contribution in [0.1, 0.15) is 226 Å². The van der Waals surface area contributed by atoms with Crippen LogP contribution in [-0.4, -0.2) is 70.7 Å². The number of allylic oxidation sites excluding steroid dienone is 2. The SMILES string of the molecule is CCCCCC/C=C\CCCCCCCC(=O)OC(COCCCCCCCCCCCCCCCCCCCCCCC)COP(=O)([O-])OCC[N+](C)(C)C. The van der Waals surface area contributed by atoms with Crippen LogP contribution in [0.15, 0.2) is 12.2 Å². The van der Waals surface area contributed by atoms with E-state index in [9.17, 15) is 14.3 Å². The average molecular weight is 816 g/mol. The highest BCUT2D eigenvalue weighted by molar-refractivity contribution is 7.45. The zero-order valence-electron chi connectivity index (χ0n) is 37.9. The van der Waals surface area contributed by atoms with E-state index in [0.29, 0.717) is 24.1 Å². The van der Waals surface area contributed by atoms with Gasteiger partial charge in [-0.15, -0.1) is 0 Å². The van der Waals surface area contributed by atoms with Crippen molar-refractivity contribution < 1.29 is 37.3 Å². The molecule has 0 aromatic carbocycles. The Hall–Kier alpha value is -0.760. The Kier molecular flexibility index (Phi) is 40.4. The highest BCUT2D eigenvalue weighted by atomic mass is 31.2. The lowest BCUT2D eigenvalue weighted by atomic mass is 10.0. The molecule has 334 valence electrons. The summed E-state index contributed by atoms with van der Waals surface area (Å²) in [5.41, 5.74) is 0. The molecule has 0 radical (unpaired) electrons. The first-order valence-corrected chi connectivity index (χ1v) is 25.4. The van der Waals surface area contributed by atoms with Gasteiger partial charge in [-0.1, -0.05) is 193 Å². The van der Waals surface area contributed by atoms with Gasteiger partial charge in [-0.25, -0.2) is 0 Å². The van der Waals surface area contributed by atoms with Crippen LogP contribution in [0.5, 0.6) is 0 Å². The molecule has 0 saturated carbocycles. The van der Waals surface area contributed by atoms with Crippen molar-refractivity contribution >= 4 is 13.8 Å². The van der Waals surface area contributed by atoms with E-state index >= 15 is 0 Å². The second-order valence-electron chi connectivity index (χ2n) is 17.5. The second-order valence-corrected chi connectivity index (χ2v) is 18.9. The number of carbonyl (C=O) groups excluding carboxylic acids is 1. The van der Waals surface area contributed by atoms with Gasteiger partial charge < -0.3 is 27.9 Å². The van der Waals surface area contributed by atoms with Gasteiger partial charge >= 0.3 is 5.97 Å². The first-order valence-electron chi connectivity index (χ1n) is 23.9. The molecule has 0 aromatic heterocycles. The monoisotopic (exact) mass is 816 g/mol. The maximum Gasteiger partial charge on any atom is 0.306 e. The van der Waals surface area contributed by atoms with Crippen LogP contribution in [0.4, 0.5) is 0 Å². The molecular formula is C47H94NO7P. The summed E-state index contributed by atoms with van der Waals surface area (Å²) >= 11 is 0. The zero-order valence-corrected chi connectivity index (χ0v) is 38.7. The van der Waals surface area contributed by atoms with Crippen LogP contribution < -0.4 is 4.89 Å². The predicted molar refractivity (Wildman–Crippen MR) is 236 cm³/mol. The quantitative estimate of drug-likeness (QED) is 0.0199. The summed E-state index contributed by atoms with van der Waals surface area (Å²) in [5.74, 6) is -0.339. The van der Waals surface area contributed by atoms with Crippen LogP contribution in [0.2, 0.25) is 0 Å². The summed E-state index contributed by atoms with van der Waals surface area (Å²) in [6, 6.07) is 0. The van der Waals surface area contributed by atoms with Crippen molar-refractivity contribution in [3.05, 3.63) is 12.2 Å². The van der Waals surface area contributed by atoms with E-state index in [2.05, 4.69) is 26.0 Å². The van der Waals surface area contributed by atoms with Gasteiger partial charge in [0.15, 0.2) is 0 Å². The predicted octanol–water partition coefficient (Wildman–Crippen LogP) is 13.6. The Labute approximate surface area is 348 Å². The second kappa shape index (κ2) is 41.0. The number of quaternary nitrogens is 1. The van der Waals surface area contributed by atoms with Crippen molar-refractivity contribution in [1.82, 2.24) is 0 Å². The molecular weight excluding hydrogens is 721 g/mol. The van der Waals surface area contributed by atoms with Crippen molar-refractivity contribution in [2.24, 2.45) is 0 Å². The number of phosphoric ester groups is 1. The number of nitrogens with zero attached hydrogens (tertiary/aromatic N) is 1. The number of hydrogen-bond donors (Lipinski definition) is 0. The summed E-state index contributed by atoms with van der Waals surface area (Å²) in [7, 11) is 1.36. The van der Waals surface area contributed by atoms with Gasteiger partial charge in [0.05, 0.1) is 34.4 Å². The Morgan fingerprint density at radius 2 is 0.929 bits per heavy atom. The molecule has 0 bridgehead atoms. The number of likely N-dealkylation sites (N-methyl/N-ethyl adjacent to an activating group) is 1. The Balaban J connectivity index is 4.10. The number of hydrogen-bond acceptors (Lipinski definition) is 7. The first-order chi connectivity index (χ1) is 27.1. The number of unbranched alkanes of at least 4 members (excludes halogenated alkanes) is 29. The summed E-state index contributed by atoms with van der Waals surface area (Å²) in [6.07, 6.45) is 45.2. The van der Waals surface area contributed by atoms with Crippen LogP contribution >= 0.6 is 7.82 Å². The van der Waals surface area contributed by atoms with E-state index in [4.69, 9.17) is 18.5 Å². The third kappa shape index (κ3) is 44.3. The minimum Gasteiger partial charge on any atom is -0.756 e. The smallest absolute Gasteiger partial charge is 0.306 e. The van der Waals surface area contributed by atoms with E-state index in [1.54, 1.807) is 0 Å². The van der Waals surface area contributed by atoms with Crippen LogP contribution in [-0.2, 0) is 27.9 Å². The van der Waals surface area contributed by atoms with Gasteiger partial charge in [0.2, 0.25) is 0 Å². The van der Waals surface area contributed by atoms with Gasteiger partial charge in [0.25, 0.3) is 7.82 Å². The third-order valence-corrected chi connectivity index (χ3v) is 11.5. The van der Waals surface area contributed by atoms with Crippen LogP contribution in [0.3, 0.4) is 0 Å². The molecule has 2 atom stereocenters. The average Bonchev–Trinajstić information content (AvgIpc) is 3.15. The van der Waals surface area contributed by atoms with E-state index in [-0.39, 0.29) is 25.8 Å². The van der Waals surface area contributed by atoms with Gasteiger partial charge in [-0.3, -0.25) is 9.36 Å². The zero-order chi connectivity index (χ0) is 41.3. The van der Waals surface area contributed by atoms with E-state index in [1.165, 1.54) is 161 Å². The van der Waals surface area contributed by atoms with E-state index < -0.39 is 13.9 Å². The number of esters is 1. The standard InChI is InChI=1S/C47H94NO7P/c1-6-8-10-12-14-16-18-20-21-22-23-24-25-26-27-29-31-33-35-37-39-42-52-44-46(45-54-56(50,51)53-43-41-48(3,4)5)55-47(49)40-38-36-34-32-30-28-19-17-15-13-11-9-7-2/h17,19,46H,6-16,18,20-45H2,1-5H3/b19-17-. The van der Waals surface area contributed by atoms with Crippen molar-refractivity contribution in [3.63, 3.8) is 0 Å². The van der Waals surface area contributed by atoms with Crippen LogP contribution in [0, 0.1) is 0 Å². The normalized spacial score (nSPS) is 13.8. The molecule has 0 saturated heterocycles. The van der Waals surface area contributed by atoms with Crippen molar-refractivity contribution in [2.45, 2.75) is 232 Å². The Morgan fingerprint density at radius 3 is 1.38 bits per heavy atom. The maximum atomic E-state index is 12.7. The van der Waals surface area contributed by atoms with Crippen LogP contribution in [0.25, 0.3) is 0 Å².